The van der Waals surface area contributed by atoms with E-state index in [2.05, 4.69) is 30.8 Å². The molecule has 0 saturated heterocycles. The number of esters is 1. The van der Waals surface area contributed by atoms with Gasteiger partial charge < -0.3 is 4.74 Å². The molecule has 0 spiro atoms. The Kier molecular flexibility index (Phi) is 5.59. The van der Waals surface area contributed by atoms with Gasteiger partial charge in [-0.25, -0.2) is 4.79 Å². The number of ether oxygens (including phenoxy) is 1. The minimum Gasteiger partial charge on any atom is -0.422 e. The van der Waals surface area contributed by atoms with Crippen molar-refractivity contribution in [3.63, 3.8) is 0 Å². The second kappa shape index (κ2) is 8.06. The number of hydrogen-bond acceptors (Lipinski definition) is 2. The maximum atomic E-state index is 11.5. The highest BCUT2D eigenvalue weighted by Gasteiger charge is 2.28. The number of hydrogen-bond donors (Lipinski definition) is 0. The molecule has 0 aliphatic carbocycles. The van der Waals surface area contributed by atoms with Crippen molar-refractivity contribution in [3.8, 4) is 5.75 Å². The van der Waals surface area contributed by atoms with Crippen LogP contribution in [0, 0.1) is 0 Å². The van der Waals surface area contributed by atoms with Gasteiger partial charge in [-0.05, 0) is 48.5 Å². The summed E-state index contributed by atoms with van der Waals surface area (Å²) in [6.07, 6.45) is 0. The van der Waals surface area contributed by atoms with E-state index in [-0.39, 0.29) is 15.9 Å². The fourth-order valence-electron chi connectivity index (χ4n) is 2.33. The van der Waals surface area contributed by atoms with Crippen LogP contribution in [-0.2, 0) is 15.7 Å². The van der Waals surface area contributed by atoms with Gasteiger partial charge in [0.15, 0.2) is 14.7 Å². The van der Waals surface area contributed by atoms with Crippen LogP contribution in [0.3, 0.4) is 0 Å². The van der Waals surface area contributed by atoms with Crippen LogP contribution in [0.2, 0.25) is 0 Å². The molecule has 3 rings (SSSR count). The van der Waals surface area contributed by atoms with Gasteiger partial charge in [-0.2, -0.15) is 0 Å². The zero-order valence-corrected chi connectivity index (χ0v) is 15.0. The topological polar surface area (TPSA) is 26.3 Å². The first kappa shape index (κ1) is 17.3. The molecule has 0 unspecified atom stereocenters. The lowest BCUT2D eigenvalue weighted by atomic mass is 10.3. The van der Waals surface area contributed by atoms with Crippen LogP contribution >= 0.6 is 11.6 Å². The SMILES string of the molecule is C=C(Cl)C(=O)Oc1ccc([S+](c2ccccc2)c2ccccc2)cc1. The molecule has 2 nitrogen and oxygen atoms in total. The lowest BCUT2D eigenvalue weighted by Crippen LogP contribution is -2.08. The summed E-state index contributed by atoms with van der Waals surface area (Å²) in [7, 11) is -0.228. The zero-order chi connectivity index (χ0) is 17.6. The van der Waals surface area contributed by atoms with Crippen molar-refractivity contribution in [2.45, 2.75) is 14.7 Å². The summed E-state index contributed by atoms with van der Waals surface area (Å²) in [4.78, 5) is 15.1. The first-order valence-electron chi connectivity index (χ1n) is 7.66. The normalized spacial score (nSPS) is 10.5. The van der Waals surface area contributed by atoms with Gasteiger partial charge in [0.25, 0.3) is 0 Å². The van der Waals surface area contributed by atoms with Crippen molar-refractivity contribution in [2.75, 3.05) is 0 Å². The molecule has 0 aliphatic heterocycles. The van der Waals surface area contributed by atoms with E-state index in [0.717, 1.165) is 4.90 Å². The molecule has 3 aromatic rings. The molecule has 0 N–H and O–H groups in total. The van der Waals surface area contributed by atoms with E-state index in [4.69, 9.17) is 16.3 Å². The average molecular weight is 368 g/mol. The Morgan fingerprint density at radius 2 is 1.20 bits per heavy atom. The molecule has 0 saturated carbocycles. The van der Waals surface area contributed by atoms with Gasteiger partial charge in [0.05, 0.1) is 10.9 Å². The molecule has 4 heteroatoms. The second-order valence-electron chi connectivity index (χ2n) is 5.20. The summed E-state index contributed by atoms with van der Waals surface area (Å²) in [5, 5.41) is -0.141. The van der Waals surface area contributed by atoms with Crippen LogP contribution in [0.4, 0.5) is 0 Å². The quantitative estimate of drug-likeness (QED) is 0.260. The molecule has 0 bridgehead atoms. The molecule has 0 amide bonds. The smallest absolute Gasteiger partial charge is 0.354 e. The molecular weight excluding hydrogens is 352 g/mol. The molecular formula is C21H16ClO2S+. The molecule has 0 heterocycles. The molecule has 124 valence electrons. The molecule has 0 fully saturated rings. The van der Waals surface area contributed by atoms with Gasteiger partial charge in [0.2, 0.25) is 0 Å². The lowest BCUT2D eigenvalue weighted by Gasteiger charge is -2.08. The summed E-state index contributed by atoms with van der Waals surface area (Å²) in [6.45, 7) is 3.37. The third-order valence-electron chi connectivity index (χ3n) is 3.45. The lowest BCUT2D eigenvalue weighted by molar-refractivity contribution is -0.129. The molecule has 0 atom stereocenters. The minimum absolute atomic E-state index is 0.141. The van der Waals surface area contributed by atoms with E-state index < -0.39 is 5.97 Å². The minimum atomic E-state index is -0.639. The molecule has 0 aliphatic rings. The monoisotopic (exact) mass is 367 g/mol. The molecule has 0 aromatic heterocycles. The highest BCUT2D eigenvalue weighted by molar-refractivity contribution is 7.97. The van der Waals surface area contributed by atoms with Crippen molar-refractivity contribution < 1.29 is 9.53 Å². The van der Waals surface area contributed by atoms with Gasteiger partial charge in [-0.1, -0.05) is 54.6 Å². The average Bonchev–Trinajstić information content (AvgIpc) is 2.65. The van der Waals surface area contributed by atoms with Crippen LogP contribution in [0.1, 0.15) is 0 Å². The van der Waals surface area contributed by atoms with Gasteiger partial charge >= 0.3 is 5.97 Å². The van der Waals surface area contributed by atoms with Crippen LogP contribution in [0.15, 0.2) is 111 Å². The fourth-order valence-corrected chi connectivity index (χ4v) is 4.45. The Hall–Kier alpha value is -2.49. The Bertz CT molecular complexity index is 822. The predicted octanol–water partition coefficient (Wildman–Crippen LogP) is 5.44. The third-order valence-corrected chi connectivity index (χ3v) is 5.83. The predicted molar refractivity (Wildman–Crippen MR) is 102 cm³/mol. The van der Waals surface area contributed by atoms with E-state index in [9.17, 15) is 4.79 Å². The highest BCUT2D eigenvalue weighted by Crippen LogP contribution is 2.31. The largest absolute Gasteiger partial charge is 0.422 e. The van der Waals surface area contributed by atoms with Crippen LogP contribution in [0.25, 0.3) is 0 Å². The van der Waals surface area contributed by atoms with Crippen molar-refractivity contribution in [3.05, 3.63) is 96.5 Å². The summed E-state index contributed by atoms with van der Waals surface area (Å²) >= 11 is 5.55. The first-order chi connectivity index (χ1) is 12.1. The molecule has 3 aromatic carbocycles. The van der Waals surface area contributed by atoms with E-state index >= 15 is 0 Å². The van der Waals surface area contributed by atoms with Crippen LogP contribution in [-0.4, -0.2) is 5.97 Å². The Balaban J connectivity index is 1.94. The van der Waals surface area contributed by atoms with Gasteiger partial charge in [-0.15, -0.1) is 0 Å². The second-order valence-corrected chi connectivity index (χ2v) is 7.68. The number of benzene rings is 3. The van der Waals surface area contributed by atoms with Crippen LogP contribution < -0.4 is 4.74 Å². The first-order valence-corrected chi connectivity index (χ1v) is 9.26. The Morgan fingerprint density at radius 3 is 1.64 bits per heavy atom. The van der Waals surface area contributed by atoms with Gasteiger partial charge in [0.1, 0.15) is 10.8 Å². The van der Waals surface area contributed by atoms with Crippen molar-refractivity contribution >= 4 is 28.5 Å². The Morgan fingerprint density at radius 1 is 0.760 bits per heavy atom. The van der Waals surface area contributed by atoms with E-state index in [1.54, 1.807) is 12.1 Å². The number of halogens is 1. The number of carbonyl (C=O) groups is 1. The number of carbonyl (C=O) groups excluding carboxylic acids is 1. The number of rotatable bonds is 5. The maximum Gasteiger partial charge on any atom is 0.354 e. The van der Waals surface area contributed by atoms with Crippen molar-refractivity contribution in [1.29, 1.82) is 0 Å². The third kappa shape index (κ3) is 4.32. The van der Waals surface area contributed by atoms with E-state index in [1.807, 2.05) is 48.5 Å². The van der Waals surface area contributed by atoms with E-state index in [0.29, 0.717) is 5.75 Å². The summed E-state index contributed by atoms with van der Waals surface area (Å²) in [5.74, 6) is -0.195. The zero-order valence-electron chi connectivity index (χ0n) is 13.4. The van der Waals surface area contributed by atoms with Crippen molar-refractivity contribution in [2.24, 2.45) is 0 Å². The summed E-state index contributed by atoms with van der Waals surface area (Å²) in [5.41, 5.74) is 0. The van der Waals surface area contributed by atoms with Crippen molar-refractivity contribution in [1.82, 2.24) is 0 Å². The Labute approximate surface area is 155 Å². The highest BCUT2D eigenvalue weighted by atomic mass is 35.5. The van der Waals surface area contributed by atoms with Gasteiger partial charge in [0, 0.05) is 0 Å². The summed E-state index contributed by atoms with van der Waals surface area (Å²) in [6, 6.07) is 28.2. The van der Waals surface area contributed by atoms with E-state index in [1.165, 1.54) is 9.79 Å². The fraction of sp³-hybridized carbons (Fsp3) is 0. The summed E-state index contributed by atoms with van der Waals surface area (Å²) < 4.78 is 5.15. The maximum absolute atomic E-state index is 11.5. The van der Waals surface area contributed by atoms with Crippen LogP contribution in [0.5, 0.6) is 5.75 Å². The van der Waals surface area contributed by atoms with Gasteiger partial charge in [-0.3, -0.25) is 0 Å². The standard InChI is InChI=1S/C21H16ClO2S/c1-16(22)21(23)24-17-12-14-20(15-13-17)25(18-8-4-2-5-9-18)19-10-6-3-7-11-19/h2-15H,1H2/q+1. The molecule has 0 radical (unpaired) electrons. The molecule has 25 heavy (non-hydrogen) atoms.